The molecule has 1 fully saturated rings. The van der Waals surface area contributed by atoms with Crippen molar-refractivity contribution in [2.45, 2.75) is 31.3 Å². The number of para-hydroxylation sites is 1. The van der Waals surface area contributed by atoms with Crippen molar-refractivity contribution < 1.29 is 18.7 Å². The molecule has 10 heteroatoms. The van der Waals surface area contributed by atoms with Crippen LogP contribution >= 0.6 is 11.6 Å². The minimum absolute atomic E-state index is 0.0449. The third-order valence-corrected chi connectivity index (χ3v) is 5.34. The van der Waals surface area contributed by atoms with Crippen LogP contribution in [0.15, 0.2) is 55.2 Å². The molecule has 3 aromatic rings. The number of ether oxygens (including phenoxy) is 1. The fraction of sp³-hybridized carbons (Fsp3) is 0.227. The Morgan fingerprint density at radius 3 is 2.56 bits per heavy atom. The predicted octanol–water partition coefficient (Wildman–Crippen LogP) is 3.60. The van der Waals surface area contributed by atoms with E-state index in [1.54, 1.807) is 31.2 Å². The molecule has 0 bridgehead atoms. The van der Waals surface area contributed by atoms with Crippen LogP contribution < -0.4 is 15.4 Å². The van der Waals surface area contributed by atoms with E-state index in [2.05, 4.69) is 25.6 Å². The average Bonchev–Trinajstić information content (AvgIpc) is 3.56. The molecule has 8 nitrogen and oxygen atoms in total. The summed E-state index contributed by atoms with van der Waals surface area (Å²) in [5.74, 6) is -0.949. The first kappa shape index (κ1) is 21.6. The molecule has 2 amide bonds. The molecule has 1 atom stereocenters. The molecular formula is C22H19ClFN5O3. The van der Waals surface area contributed by atoms with Crippen molar-refractivity contribution in [1.82, 2.24) is 25.6 Å². The van der Waals surface area contributed by atoms with Crippen LogP contribution in [0, 0.1) is 5.82 Å². The number of carbonyl (C=O) groups is 2. The SMILES string of the molecule is CC(NC(=O)C1(NC(=O)c2cncnc2)CC1)c1ncc(Oc2ccccc2Cl)cc1F. The summed E-state index contributed by atoms with van der Waals surface area (Å²) in [5, 5.41) is 5.83. The third-order valence-electron chi connectivity index (χ3n) is 5.03. The Bertz CT molecular complexity index is 1160. The van der Waals surface area contributed by atoms with Crippen molar-refractivity contribution in [2.75, 3.05) is 0 Å². The number of benzene rings is 1. The molecule has 1 aliphatic carbocycles. The number of pyridine rings is 1. The van der Waals surface area contributed by atoms with E-state index >= 15 is 0 Å². The summed E-state index contributed by atoms with van der Waals surface area (Å²) < 4.78 is 20.3. The van der Waals surface area contributed by atoms with E-state index < -0.39 is 29.2 Å². The fourth-order valence-corrected chi connectivity index (χ4v) is 3.28. The van der Waals surface area contributed by atoms with E-state index in [0.717, 1.165) is 0 Å². The molecule has 1 saturated carbocycles. The molecule has 1 aromatic carbocycles. The maximum atomic E-state index is 14.7. The van der Waals surface area contributed by atoms with Crippen molar-refractivity contribution in [3.63, 3.8) is 0 Å². The molecule has 0 saturated heterocycles. The molecule has 0 spiro atoms. The van der Waals surface area contributed by atoms with Gasteiger partial charge in [-0.2, -0.15) is 0 Å². The first-order valence-corrected chi connectivity index (χ1v) is 10.2. The van der Waals surface area contributed by atoms with Crippen LogP contribution in [-0.2, 0) is 4.79 Å². The van der Waals surface area contributed by atoms with Crippen LogP contribution in [-0.4, -0.2) is 32.3 Å². The summed E-state index contributed by atoms with van der Waals surface area (Å²) in [6, 6.07) is 7.26. The number of amides is 2. The van der Waals surface area contributed by atoms with Gasteiger partial charge in [0.25, 0.3) is 5.91 Å². The smallest absolute Gasteiger partial charge is 0.255 e. The van der Waals surface area contributed by atoms with E-state index in [1.807, 2.05) is 0 Å². The first-order chi connectivity index (χ1) is 15.4. The highest BCUT2D eigenvalue weighted by atomic mass is 35.5. The average molecular weight is 456 g/mol. The molecular weight excluding hydrogens is 437 g/mol. The predicted molar refractivity (Wildman–Crippen MR) is 114 cm³/mol. The standard InChI is InChI=1S/C22H19ClFN5O3/c1-13(19-17(24)8-15(11-27-19)32-18-5-3-2-4-16(18)23)28-21(31)22(6-7-22)29-20(30)14-9-25-12-26-10-14/h2-5,8-13H,6-7H2,1H3,(H,28,31)(H,29,30). The van der Waals surface area contributed by atoms with Crippen molar-refractivity contribution in [3.8, 4) is 11.5 Å². The number of hydrogen-bond donors (Lipinski definition) is 2. The van der Waals surface area contributed by atoms with Crippen LogP contribution in [0.2, 0.25) is 5.02 Å². The number of nitrogens with zero attached hydrogens (tertiary/aromatic N) is 3. The van der Waals surface area contributed by atoms with Crippen LogP contribution in [0.25, 0.3) is 0 Å². The second kappa shape index (κ2) is 8.88. The Morgan fingerprint density at radius 1 is 1.19 bits per heavy atom. The highest BCUT2D eigenvalue weighted by Gasteiger charge is 2.51. The molecule has 2 N–H and O–H groups in total. The van der Waals surface area contributed by atoms with Crippen molar-refractivity contribution >= 4 is 23.4 Å². The van der Waals surface area contributed by atoms with Gasteiger partial charge in [-0.3, -0.25) is 14.6 Å². The lowest BCUT2D eigenvalue weighted by molar-refractivity contribution is -0.124. The maximum Gasteiger partial charge on any atom is 0.255 e. The van der Waals surface area contributed by atoms with Gasteiger partial charge in [0.2, 0.25) is 5.91 Å². The number of rotatable bonds is 7. The normalized spacial score (nSPS) is 14.8. The molecule has 164 valence electrons. The number of nitrogens with one attached hydrogen (secondary N) is 2. The molecule has 2 aromatic heterocycles. The third kappa shape index (κ3) is 4.67. The summed E-state index contributed by atoms with van der Waals surface area (Å²) in [6.07, 6.45) is 6.35. The van der Waals surface area contributed by atoms with Gasteiger partial charge >= 0.3 is 0 Å². The minimum Gasteiger partial charge on any atom is -0.454 e. The zero-order chi connectivity index (χ0) is 22.7. The topological polar surface area (TPSA) is 106 Å². The number of halogens is 2. The highest BCUT2D eigenvalue weighted by molar-refractivity contribution is 6.32. The van der Waals surface area contributed by atoms with E-state index in [1.165, 1.54) is 31.0 Å². The van der Waals surface area contributed by atoms with Crippen LogP contribution in [0.3, 0.4) is 0 Å². The van der Waals surface area contributed by atoms with Crippen molar-refractivity contribution in [2.24, 2.45) is 0 Å². The van der Waals surface area contributed by atoms with Crippen molar-refractivity contribution in [3.05, 3.63) is 77.3 Å². The van der Waals surface area contributed by atoms with Gasteiger partial charge in [-0.1, -0.05) is 23.7 Å². The summed E-state index contributed by atoms with van der Waals surface area (Å²) in [6.45, 7) is 1.61. The van der Waals surface area contributed by atoms with Gasteiger partial charge in [0.15, 0.2) is 5.82 Å². The fourth-order valence-electron chi connectivity index (χ4n) is 3.10. The van der Waals surface area contributed by atoms with Crippen LogP contribution in [0.5, 0.6) is 11.5 Å². The monoisotopic (exact) mass is 455 g/mol. The van der Waals surface area contributed by atoms with E-state index in [-0.39, 0.29) is 17.0 Å². The number of carbonyl (C=O) groups excluding carboxylic acids is 2. The van der Waals surface area contributed by atoms with E-state index in [9.17, 15) is 14.0 Å². The minimum atomic E-state index is -1.04. The molecule has 1 unspecified atom stereocenters. The second-order valence-corrected chi connectivity index (χ2v) is 7.84. The summed E-state index contributed by atoms with van der Waals surface area (Å²) in [5.41, 5.74) is -0.741. The van der Waals surface area contributed by atoms with Gasteiger partial charge < -0.3 is 15.4 Å². The highest BCUT2D eigenvalue weighted by Crippen LogP contribution is 2.37. The lowest BCUT2D eigenvalue weighted by atomic mass is 10.1. The Morgan fingerprint density at radius 2 is 1.91 bits per heavy atom. The quantitative estimate of drug-likeness (QED) is 0.564. The summed E-state index contributed by atoms with van der Waals surface area (Å²) in [4.78, 5) is 36.8. The summed E-state index contributed by atoms with van der Waals surface area (Å²) >= 11 is 6.05. The molecule has 0 aliphatic heterocycles. The van der Waals surface area contributed by atoms with Crippen molar-refractivity contribution in [1.29, 1.82) is 0 Å². The molecule has 4 rings (SSSR count). The van der Waals surface area contributed by atoms with E-state index in [0.29, 0.717) is 23.6 Å². The van der Waals surface area contributed by atoms with Gasteiger partial charge in [-0.25, -0.2) is 14.4 Å². The molecule has 2 heterocycles. The zero-order valence-corrected chi connectivity index (χ0v) is 17.8. The second-order valence-electron chi connectivity index (χ2n) is 7.43. The first-order valence-electron chi connectivity index (χ1n) is 9.84. The zero-order valence-electron chi connectivity index (χ0n) is 17.0. The lowest BCUT2D eigenvalue weighted by Crippen LogP contribution is -2.49. The molecule has 1 aliphatic rings. The maximum absolute atomic E-state index is 14.7. The molecule has 32 heavy (non-hydrogen) atoms. The van der Waals surface area contributed by atoms with E-state index in [4.69, 9.17) is 16.3 Å². The van der Waals surface area contributed by atoms with Gasteiger partial charge in [0, 0.05) is 18.5 Å². The van der Waals surface area contributed by atoms with Crippen LogP contribution in [0.4, 0.5) is 4.39 Å². The van der Waals surface area contributed by atoms with Gasteiger partial charge in [-0.05, 0) is 31.9 Å². The summed E-state index contributed by atoms with van der Waals surface area (Å²) in [7, 11) is 0. The van der Waals surface area contributed by atoms with Gasteiger partial charge in [0.05, 0.1) is 28.5 Å². The largest absolute Gasteiger partial charge is 0.454 e. The lowest BCUT2D eigenvalue weighted by Gasteiger charge is -2.21. The van der Waals surface area contributed by atoms with Crippen LogP contribution in [0.1, 0.15) is 41.9 Å². The Kier molecular flexibility index (Phi) is 6.00. The number of aromatic nitrogens is 3. The Hall–Kier alpha value is -3.59. The van der Waals surface area contributed by atoms with Gasteiger partial charge in [-0.15, -0.1) is 0 Å². The Balaban J connectivity index is 1.41. The molecule has 0 radical (unpaired) electrons. The number of hydrogen-bond acceptors (Lipinski definition) is 6. The van der Waals surface area contributed by atoms with Gasteiger partial charge in [0.1, 0.15) is 23.4 Å². The Labute approximate surface area is 188 Å².